The van der Waals surface area contributed by atoms with Crippen LogP contribution in [0.5, 0.6) is 0 Å². The van der Waals surface area contributed by atoms with Gasteiger partial charge in [0.2, 0.25) is 0 Å². The van der Waals surface area contributed by atoms with Crippen molar-refractivity contribution in [3.8, 4) is 11.1 Å². The largest absolute Gasteiger partial charge is 0.361 e. The zero-order valence-corrected chi connectivity index (χ0v) is 18.4. The molecule has 6 rings (SSSR count). The Morgan fingerprint density at radius 1 is 0.562 bits per heavy atom. The van der Waals surface area contributed by atoms with Gasteiger partial charge in [-0.15, -0.1) is 0 Å². The van der Waals surface area contributed by atoms with Gasteiger partial charge in [-0.1, -0.05) is 97.1 Å². The first kappa shape index (κ1) is 19.4. The topological polar surface area (TPSA) is 3.24 Å². The predicted molar refractivity (Wildman–Crippen MR) is 134 cm³/mol. The molecule has 0 N–H and O–H groups in total. The molecule has 1 fully saturated rings. The molecule has 1 aliphatic heterocycles. The molecule has 0 spiro atoms. The molecule has 32 heavy (non-hydrogen) atoms. The molecule has 0 radical (unpaired) electrons. The van der Waals surface area contributed by atoms with Gasteiger partial charge < -0.3 is 4.90 Å². The maximum Gasteiger partial charge on any atom is 0.0546 e. The Bertz CT molecular complexity index is 1180. The van der Waals surface area contributed by atoms with E-state index in [2.05, 4.69) is 114 Å². The van der Waals surface area contributed by atoms with Crippen LogP contribution < -0.4 is 4.90 Å². The third-order valence-electron chi connectivity index (χ3n) is 7.53. The van der Waals surface area contributed by atoms with Gasteiger partial charge in [0.1, 0.15) is 0 Å². The SMILES string of the molecule is c1ccc(-c2ccc(N3[C@@H](c4ccccc4)CC[C@@H]3[C@H]3CCc4ccccc43)cc2)cc1. The molecular weight excluding hydrogens is 386 g/mol. The van der Waals surface area contributed by atoms with Crippen LogP contribution in [-0.2, 0) is 6.42 Å². The second-order valence-corrected chi connectivity index (χ2v) is 9.24. The molecular formula is C31H29N. The number of hydrogen-bond acceptors (Lipinski definition) is 1. The Labute approximate surface area is 191 Å². The Kier molecular flexibility index (Phi) is 5.03. The predicted octanol–water partition coefficient (Wildman–Crippen LogP) is 7.79. The Morgan fingerprint density at radius 3 is 2.00 bits per heavy atom. The van der Waals surface area contributed by atoms with E-state index in [1.807, 2.05) is 0 Å². The first-order valence-electron chi connectivity index (χ1n) is 11.9. The lowest BCUT2D eigenvalue weighted by atomic mass is 9.91. The van der Waals surface area contributed by atoms with Gasteiger partial charge >= 0.3 is 0 Å². The summed E-state index contributed by atoms with van der Waals surface area (Å²) in [5.41, 5.74) is 8.49. The van der Waals surface area contributed by atoms with Crippen molar-refractivity contribution >= 4 is 5.69 Å². The van der Waals surface area contributed by atoms with E-state index in [1.54, 1.807) is 11.1 Å². The average Bonchev–Trinajstić information content (AvgIpc) is 3.50. The van der Waals surface area contributed by atoms with E-state index in [1.165, 1.54) is 48.1 Å². The van der Waals surface area contributed by atoms with Gasteiger partial charge in [-0.25, -0.2) is 0 Å². The van der Waals surface area contributed by atoms with Gasteiger partial charge in [-0.05, 0) is 65.6 Å². The van der Waals surface area contributed by atoms with Crippen LogP contribution in [0.15, 0.2) is 109 Å². The summed E-state index contributed by atoms with van der Waals surface area (Å²) in [6.07, 6.45) is 4.95. The van der Waals surface area contributed by atoms with E-state index in [4.69, 9.17) is 0 Å². The zero-order chi connectivity index (χ0) is 21.3. The molecule has 2 aliphatic rings. The van der Waals surface area contributed by atoms with Gasteiger partial charge in [0.15, 0.2) is 0 Å². The molecule has 1 aliphatic carbocycles. The fourth-order valence-corrected chi connectivity index (χ4v) is 6.05. The highest BCUT2D eigenvalue weighted by Crippen LogP contribution is 2.48. The summed E-state index contributed by atoms with van der Waals surface area (Å²) in [7, 11) is 0. The van der Waals surface area contributed by atoms with Crippen molar-refractivity contribution in [2.45, 2.75) is 43.7 Å². The maximum absolute atomic E-state index is 2.75. The summed E-state index contributed by atoms with van der Waals surface area (Å²) >= 11 is 0. The lowest BCUT2D eigenvalue weighted by Gasteiger charge is -2.36. The monoisotopic (exact) mass is 415 g/mol. The molecule has 0 amide bonds. The van der Waals surface area contributed by atoms with E-state index in [-0.39, 0.29) is 0 Å². The number of nitrogens with zero attached hydrogens (tertiary/aromatic N) is 1. The van der Waals surface area contributed by atoms with E-state index in [0.717, 1.165) is 0 Å². The summed E-state index contributed by atoms with van der Waals surface area (Å²) in [5.74, 6) is 0.619. The Balaban J connectivity index is 1.38. The van der Waals surface area contributed by atoms with Gasteiger partial charge in [0.25, 0.3) is 0 Å². The zero-order valence-electron chi connectivity index (χ0n) is 18.4. The number of hydrogen-bond donors (Lipinski definition) is 0. The summed E-state index contributed by atoms with van der Waals surface area (Å²) in [6, 6.07) is 41.2. The molecule has 4 aromatic rings. The highest BCUT2D eigenvalue weighted by atomic mass is 15.2. The van der Waals surface area contributed by atoms with Gasteiger partial charge in [0, 0.05) is 17.6 Å². The number of rotatable bonds is 4. The number of benzene rings is 4. The fourth-order valence-electron chi connectivity index (χ4n) is 6.05. The van der Waals surface area contributed by atoms with Gasteiger partial charge in [0.05, 0.1) is 6.04 Å². The standard InChI is InChI=1S/C31H29N/c1-3-9-23(10-4-1)24-15-18-27(19-16-24)32-30(26-12-5-2-6-13-26)21-22-31(32)29-20-17-25-11-7-8-14-28(25)29/h1-16,18-19,29-31H,17,20-22H2/t29-,30+,31+/m0/s1. The van der Waals surface area contributed by atoms with Gasteiger partial charge in [-0.3, -0.25) is 0 Å². The Morgan fingerprint density at radius 2 is 1.22 bits per heavy atom. The second-order valence-electron chi connectivity index (χ2n) is 9.24. The summed E-state index contributed by atoms with van der Waals surface area (Å²) < 4.78 is 0. The van der Waals surface area contributed by atoms with Crippen LogP contribution in [0.3, 0.4) is 0 Å². The molecule has 1 heterocycles. The minimum absolute atomic E-state index is 0.441. The van der Waals surface area contributed by atoms with Crippen LogP contribution >= 0.6 is 0 Å². The first-order chi connectivity index (χ1) is 15.9. The van der Waals surface area contributed by atoms with Crippen LogP contribution in [0.1, 0.15) is 47.9 Å². The van der Waals surface area contributed by atoms with Crippen molar-refractivity contribution in [2.75, 3.05) is 4.90 Å². The molecule has 1 heteroatoms. The minimum Gasteiger partial charge on any atom is -0.361 e. The van der Waals surface area contributed by atoms with Crippen LogP contribution in [0.4, 0.5) is 5.69 Å². The number of anilines is 1. The van der Waals surface area contributed by atoms with Gasteiger partial charge in [-0.2, -0.15) is 0 Å². The van der Waals surface area contributed by atoms with Crippen molar-refractivity contribution in [1.29, 1.82) is 0 Å². The Hall–Kier alpha value is -3.32. The van der Waals surface area contributed by atoms with Crippen LogP contribution in [0.25, 0.3) is 11.1 Å². The molecule has 1 nitrogen and oxygen atoms in total. The quantitative estimate of drug-likeness (QED) is 0.329. The van der Waals surface area contributed by atoms with Crippen molar-refractivity contribution in [2.24, 2.45) is 0 Å². The molecule has 3 atom stereocenters. The number of aryl methyl sites for hydroxylation is 1. The molecule has 0 unspecified atom stereocenters. The molecule has 0 bridgehead atoms. The summed E-state index contributed by atoms with van der Waals surface area (Å²) in [6.45, 7) is 0. The minimum atomic E-state index is 0.441. The molecule has 0 saturated carbocycles. The lowest BCUT2D eigenvalue weighted by molar-refractivity contribution is 0.517. The first-order valence-corrected chi connectivity index (χ1v) is 11.9. The van der Waals surface area contributed by atoms with E-state index < -0.39 is 0 Å². The average molecular weight is 416 g/mol. The highest BCUT2D eigenvalue weighted by Gasteiger charge is 2.41. The molecule has 1 saturated heterocycles. The summed E-state index contributed by atoms with van der Waals surface area (Å²) in [5, 5.41) is 0. The maximum atomic E-state index is 2.75. The third kappa shape index (κ3) is 3.42. The molecule has 0 aromatic heterocycles. The summed E-state index contributed by atoms with van der Waals surface area (Å²) in [4.78, 5) is 2.75. The number of fused-ring (bicyclic) bond motifs is 1. The van der Waals surface area contributed by atoms with E-state index in [0.29, 0.717) is 18.0 Å². The van der Waals surface area contributed by atoms with E-state index in [9.17, 15) is 0 Å². The van der Waals surface area contributed by atoms with Crippen molar-refractivity contribution < 1.29 is 0 Å². The van der Waals surface area contributed by atoms with Crippen molar-refractivity contribution in [1.82, 2.24) is 0 Å². The lowest BCUT2D eigenvalue weighted by Crippen LogP contribution is -2.35. The normalized spacial score (nSPS) is 22.1. The molecule has 158 valence electrons. The molecule has 4 aromatic carbocycles. The van der Waals surface area contributed by atoms with Crippen LogP contribution in [0.2, 0.25) is 0 Å². The highest BCUT2D eigenvalue weighted by molar-refractivity contribution is 5.67. The van der Waals surface area contributed by atoms with Crippen LogP contribution in [0, 0.1) is 0 Å². The smallest absolute Gasteiger partial charge is 0.0546 e. The third-order valence-corrected chi connectivity index (χ3v) is 7.53. The second kappa shape index (κ2) is 8.31. The van der Waals surface area contributed by atoms with Crippen molar-refractivity contribution in [3.05, 3.63) is 126 Å². The van der Waals surface area contributed by atoms with E-state index >= 15 is 0 Å². The fraction of sp³-hybridized carbons (Fsp3) is 0.226. The van der Waals surface area contributed by atoms with Crippen molar-refractivity contribution in [3.63, 3.8) is 0 Å². The van der Waals surface area contributed by atoms with Crippen LogP contribution in [-0.4, -0.2) is 6.04 Å².